The van der Waals surface area contributed by atoms with Gasteiger partial charge in [-0.05, 0) is 37.3 Å². The molecule has 0 saturated heterocycles. The molecule has 0 spiro atoms. The van der Waals surface area contributed by atoms with E-state index in [-0.39, 0.29) is 6.04 Å². The number of hydrogen-bond donors (Lipinski definition) is 2. The average molecular weight is 310 g/mol. The second kappa shape index (κ2) is 7.27. The molecule has 0 radical (unpaired) electrons. The van der Waals surface area contributed by atoms with Crippen molar-refractivity contribution in [1.29, 1.82) is 0 Å². The minimum Gasteiger partial charge on any atom is -0.384 e. The number of sulfonamides is 1. The van der Waals surface area contributed by atoms with Gasteiger partial charge in [0.05, 0.1) is 5.69 Å². The molecule has 2 atom stereocenters. The average Bonchev–Trinajstić information content (AvgIpc) is 2.47. The molecule has 5 heteroatoms. The second-order valence-corrected chi connectivity index (χ2v) is 7.59. The Balaban J connectivity index is 2.18. The van der Waals surface area contributed by atoms with Gasteiger partial charge >= 0.3 is 0 Å². The fourth-order valence-corrected chi connectivity index (χ4v) is 4.42. The maximum atomic E-state index is 12.7. The summed E-state index contributed by atoms with van der Waals surface area (Å²) in [6.45, 7) is 4.96. The van der Waals surface area contributed by atoms with Crippen molar-refractivity contribution in [2.75, 3.05) is 11.9 Å². The van der Waals surface area contributed by atoms with E-state index in [2.05, 4.69) is 23.9 Å². The van der Waals surface area contributed by atoms with Crippen LogP contribution in [-0.4, -0.2) is 21.0 Å². The summed E-state index contributed by atoms with van der Waals surface area (Å²) >= 11 is 0. The molecule has 4 nitrogen and oxygen atoms in total. The lowest BCUT2D eigenvalue weighted by molar-refractivity contribution is 0.310. The van der Waals surface area contributed by atoms with E-state index in [1.807, 2.05) is 12.1 Å². The van der Waals surface area contributed by atoms with E-state index in [1.165, 1.54) is 6.42 Å². The zero-order valence-electron chi connectivity index (χ0n) is 12.9. The lowest BCUT2D eigenvalue weighted by Gasteiger charge is -2.29. The first kappa shape index (κ1) is 16.3. The fourth-order valence-electron chi connectivity index (χ4n) is 2.86. The normalized spacial score (nSPS) is 23.0. The van der Waals surface area contributed by atoms with Crippen LogP contribution in [0.1, 0.15) is 46.0 Å². The molecule has 1 aromatic carbocycles. The van der Waals surface area contributed by atoms with E-state index in [9.17, 15) is 8.42 Å². The van der Waals surface area contributed by atoms with Crippen LogP contribution in [0, 0.1) is 5.92 Å². The van der Waals surface area contributed by atoms with E-state index < -0.39 is 10.0 Å². The Kier molecular flexibility index (Phi) is 5.65. The van der Waals surface area contributed by atoms with Crippen LogP contribution >= 0.6 is 0 Å². The molecule has 118 valence electrons. The van der Waals surface area contributed by atoms with Gasteiger partial charge in [0.2, 0.25) is 10.0 Å². The Morgan fingerprint density at radius 1 is 1.19 bits per heavy atom. The number of anilines is 1. The standard InChI is InChI=1S/C16H26N2O2S/c1-3-12-17-15-10-6-7-11-16(15)21(19,20)18-14-9-5-4-8-13(14)2/h6-7,10-11,13-14,17-18H,3-5,8-9,12H2,1-2H3. The number of hydrogen-bond acceptors (Lipinski definition) is 3. The van der Waals surface area contributed by atoms with Crippen molar-refractivity contribution >= 4 is 15.7 Å². The quantitative estimate of drug-likeness (QED) is 0.847. The highest BCUT2D eigenvalue weighted by molar-refractivity contribution is 7.89. The van der Waals surface area contributed by atoms with Gasteiger partial charge in [-0.25, -0.2) is 13.1 Å². The molecule has 1 aliphatic rings. The molecule has 1 fully saturated rings. The SMILES string of the molecule is CCCNc1ccccc1S(=O)(=O)NC1CCCCC1C. The van der Waals surface area contributed by atoms with Gasteiger partial charge in [-0.15, -0.1) is 0 Å². The van der Waals surface area contributed by atoms with Crippen LogP contribution in [-0.2, 0) is 10.0 Å². The van der Waals surface area contributed by atoms with Gasteiger partial charge in [-0.3, -0.25) is 0 Å². The summed E-state index contributed by atoms with van der Waals surface area (Å²) in [5.41, 5.74) is 0.690. The van der Waals surface area contributed by atoms with Gasteiger partial charge in [-0.1, -0.05) is 38.8 Å². The topological polar surface area (TPSA) is 58.2 Å². The van der Waals surface area contributed by atoms with Gasteiger partial charge in [0.1, 0.15) is 4.90 Å². The summed E-state index contributed by atoms with van der Waals surface area (Å²) in [6, 6.07) is 7.20. The third-order valence-corrected chi connectivity index (χ3v) is 5.71. The third kappa shape index (κ3) is 4.20. The summed E-state index contributed by atoms with van der Waals surface area (Å²) in [6.07, 6.45) is 5.30. The Labute approximate surface area is 128 Å². The van der Waals surface area contributed by atoms with E-state index in [4.69, 9.17) is 0 Å². The Bertz CT molecular complexity index is 557. The minimum absolute atomic E-state index is 0.0583. The van der Waals surface area contributed by atoms with E-state index in [1.54, 1.807) is 12.1 Å². The van der Waals surface area contributed by atoms with Gasteiger partial charge < -0.3 is 5.32 Å². The van der Waals surface area contributed by atoms with Crippen LogP contribution in [0.5, 0.6) is 0 Å². The van der Waals surface area contributed by atoms with Crippen molar-refractivity contribution < 1.29 is 8.42 Å². The lowest BCUT2D eigenvalue weighted by atomic mass is 9.87. The highest BCUT2D eigenvalue weighted by Crippen LogP contribution is 2.27. The largest absolute Gasteiger partial charge is 0.384 e. The maximum Gasteiger partial charge on any atom is 0.242 e. The first-order valence-corrected chi connectivity index (χ1v) is 9.38. The highest BCUT2D eigenvalue weighted by Gasteiger charge is 2.27. The van der Waals surface area contributed by atoms with E-state index in [0.29, 0.717) is 16.5 Å². The Hall–Kier alpha value is -1.07. The van der Waals surface area contributed by atoms with Crippen molar-refractivity contribution in [3.63, 3.8) is 0 Å². The third-order valence-electron chi connectivity index (χ3n) is 4.16. The molecule has 0 heterocycles. The molecule has 2 rings (SSSR count). The predicted molar refractivity (Wildman–Crippen MR) is 87.0 cm³/mol. The Morgan fingerprint density at radius 3 is 2.62 bits per heavy atom. The number of nitrogens with one attached hydrogen (secondary N) is 2. The fraction of sp³-hybridized carbons (Fsp3) is 0.625. The van der Waals surface area contributed by atoms with Crippen molar-refractivity contribution in [2.45, 2.75) is 56.9 Å². The molecule has 21 heavy (non-hydrogen) atoms. The lowest BCUT2D eigenvalue weighted by Crippen LogP contribution is -2.41. The van der Waals surface area contributed by atoms with Crippen LogP contribution in [0.3, 0.4) is 0 Å². The highest BCUT2D eigenvalue weighted by atomic mass is 32.2. The molecule has 0 bridgehead atoms. The van der Waals surface area contributed by atoms with Crippen LogP contribution in [0.25, 0.3) is 0 Å². The molecular formula is C16H26N2O2S. The van der Waals surface area contributed by atoms with Crippen LogP contribution in [0.4, 0.5) is 5.69 Å². The van der Waals surface area contributed by atoms with Crippen LogP contribution in [0.2, 0.25) is 0 Å². The molecule has 2 N–H and O–H groups in total. The van der Waals surface area contributed by atoms with Crippen molar-refractivity contribution in [2.24, 2.45) is 5.92 Å². The summed E-state index contributed by atoms with van der Waals surface area (Å²) < 4.78 is 28.3. The minimum atomic E-state index is -3.47. The molecule has 1 saturated carbocycles. The van der Waals surface area contributed by atoms with Gasteiger partial charge in [0.15, 0.2) is 0 Å². The van der Waals surface area contributed by atoms with Crippen LogP contribution < -0.4 is 10.0 Å². The molecular weight excluding hydrogens is 284 g/mol. The number of para-hydroxylation sites is 1. The van der Waals surface area contributed by atoms with Crippen molar-refractivity contribution in [3.8, 4) is 0 Å². The van der Waals surface area contributed by atoms with Crippen molar-refractivity contribution in [1.82, 2.24) is 4.72 Å². The predicted octanol–water partition coefficient (Wildman–Crippen LogP) is 3.37. The molecule has 2 unspecified atom stereocenters. The summed E-state index contributed by atoms with van der Waals surface area (Å²) in [5, 5.41) is 3.20. The molecule has 0 aromatic heterocycles. The smallest absolute Gasteiger partial charge is 0.242 e. The molecule has 1 aromatic rings. The van der Waals surface area contributed by atoms with Gasteiger partial charge in [0, 0.05) is 12.6 Å². The monoisotopic (exact) mass is 310 g/mol. The first-order chi connectivity index (χ1) is 10.0. The van der Waals surface area contributed by atoms with Gasteiger partial charge in [0.25, 0.3) is 0 Å². The Morgan fingerprint density at radius 2 is 1.90 bits per heavy atom. The first-order valence-electron chi connectivity index (χ1n) is 7.90. The molecule has 1 aliphatic carbocycles. The molecule has 0 amide bonds. The van der Waals surface area contributed by atoms with Gasteiger partial charge in [-0.2, -0.15) is 0 Å². The zero-order chi connectivity index (χ0) is 15.3. The van der Waals surface area contributed by atoms with E-state index >= 15 is 0 Å². The molecule has 0 aliphatic heterocycles. The zero-order valence-corrected chi connectivity index (χ0v) is 13.7. The van der Waals surface area contributed by atoms with Crippen molar-refractivity contribution in [3.05, 3.63) is 24.3 Å². The maximum absolute atomic E-state index is 12.7. The summed E-state index contributed by atoms with van der Waals surface area (Å²) in [5.74, 6) is 0.407. The number of rotatable bonds is 6. The summed E-state index contributed by atoms with van der Waals surface area (Å²) in [4.78, 5) is 0.358. The summed E-state index contributed by atoms with van der Waals surface area (Å²) in [7, 11) is -3.47. The number of benzene rings is 1. The second-order valence-electron chi connectivity index (χ2n) is 5.91. The van der Waals surface area contributed by atoms with Crippen LogP contribution in [0.15, 0.2) is 29.2 Å². The van der Waals surface area contributed by atoms with E-state index in [0.717, 1.165) is 32.2 Å².